The molecule has 3 nitrogen and oxygen atoms in total. The highest BCUT2D eigenvalue weighted by Gasteiger charge is 2.44. The molecule has 2 aromatic rings. The second kappa shape index (κ2) is 5.97. The van der Waals surface area contributed by atoms with Crippen molar-refractivity contribution in [2.75, 3.05) is 11.9 Å². The Bertz CT molecular complexity index is 666. The van der Waals surface area contributed by atoms with Crippen LogP contribution in [0.5, 0.6) is 0 Å². The monoisotopic (exact) mass is 318 g/mol. The lowest BCUT2D eigenvalue weighted by molar-refractivity contribution is 0.251. The summed E-state index contributed by atoms with van der Waals surface area (Å²) in [4.78, 5) is 11.9. The number of hydrogen-bond acceptors (Lipinski definition) is 1. The third-order valence-electron chi connectivity index (χ3n) is 4.00. The molecule has 0 saturated heterocycles. The minimum absolute atomic E-state index is 0.0186. The summed E-state index contributed by atoms with van der Waals surface area (Å²) in [5.41, 5.74) is 1.78. The lowest BCUT2D eigenvalue weighted by Crippen LogP contribution is -2.35. The van der Waals surface area contributed by atoms with E-state index >= 15 is 0 Å². The summed E-state index contributed by atoms with van der Waals surface area (Å²) < 4.78 is 12.8. The van der Waals surface area contributed by atoms with Gasteiger partial charge in [-0.1, -0.05) is 23.7 Å². The first-order valence-electron chi connectivity index (χ1n) is 7.14. The van der Waals surface area contributed by atoms with E-state index in [4.69, 9.17) is 11.6 Å². The van der Waals surface area contributed by atoms with Gasteiger partial charge in [0.15, 0.2) is 0 Å². The third-order valence-corrected chi connectivity index (χ3v) is 4.25. The number of carbonyl (C=O) groups excluding carboxylic acids is 1. The Morgan fingerprint density at radius 3 is 2.32 bits per heavy atom. The van der Waals surface area contributed by atoms with Gasteiger partial charge in [-0.2, -0.15) is 0 Å². The van der Waals surface area contributed by atoms with Gasteiger partial charge in [-0.3, -0.25) is 0 Å². The molecule has 0 aromatic heterocycles. The Kier molecular flexibility index (Phi) is 4.03. The van der Waals surface area contributed by atoms with Crippen LogP contribution < -0.4 is 10.6 Å². The highest BCUT2D eigenvalue weighted by atomic mass is 35.5. The first-order chi connectivity index (χ1) is 10.6. The normalized spacial score (nSPS) is 15.2. The molecule has 3 rings (SSSR count). The van der Waals surface area contributed by atoms with Crippen molar-refractivity contribution in [1.29, 1.82) is 0 Å². The van der Waals surface area contributed by atoms with E-state index in [1.165, 1.54) is 29.8 Å². The quantitative estimate of drug-likeness (QED) is 0.865. The number of benzene rings is 2. The molecule has 2 amide bonds. The summed E-state index contributed by atoms with van der Waals surface area (Å²) in [6.45, 7) is 0.571. The molecule has 2 N–H and O–H groups in total. The molecule has 0 unspecified atom stereocenters. The fourth-order valence-electron chi connectivity index (χ4n) is 2.48. The van der Waals surface area contributed by atoms with Crippen LogP contribution in [0.25, 0.3) is 0 Å². The lowest BCUT2D eigenvalue weighted by Gasteiger charge is -2.17. The summed E-state index contributed by atoms with van der Waals surface area (Å²) in [7, 11) is 0. The number of halogens is 2. The van der Waals surface area contributed by atoms with Crippen LogP contribution in [0.15, 0.2) is 48.5 Å². The fourth-order valence-corrected chi connectivity index (χ4v) is 2.61. The van der Waals surface area contributed by atoms with Gasteiger partial charge >= 0.3 is 6.03 Å². The Labute approximate surface area is 133 Å². The Hall–Kier alpha value is -2.07. The molecular formula is C17H16ClFN2O. The summed E-state index contributed by atoms with van der Waals surface area (Å²) in [6, 6.07) is 13.2. The van der Waals surface area contributed by atoms with E-state index in [2.05, 4.69) is 10.6 Å². The van der Waals surface area contributed by atoms with Crippen molar-refractivity contribution >= 4 is 23.3 Å². The van der Waals surface area contributed by atoms with Crippen LogP contribution >= 0.6 is 11.6 Å². The second-order valence-electron chi connectivity index (χ2n) is 5.60. The van der Waals surface area contributed by atoms with E-state index in [9.17, 15) is 9.18 Å². The maximum Gasteiger partial charge on any atom is 0.319 e. The van der Waals surface area contributed by atoms with Crippen molar-refractivity contribution in [2.24, 2.45) is 0 Å². The number of anilines is 1. The minimum atomic E-state index is -0.328. The van der Waals surface area contributed by atoms with Gasteiger partial charge < -0.3 is 10.6 Å². The SMILES string of the molecule is O=C(NCC1(c2ccc(Cl)cc2)CC1)Nc1ccc(F)cc1. The van der Waals surface area contributed by atoms with Crippen molar-refractivity contribution in [3.05, 3.63) is 64.9 Å². The average Bonchev–Trinajstić information content (AvgIpc) is 3.30. The molecule has 1 saturated carbocycles. The predicted molar refractivity (Wildman–Crippen MR) is 85.8 cm³/mol. The highest BCUT2D eigenvalue weighted by molar-refractivity contribution is 6.30. The number of hydrogen-bond donors (Lipinski definition) is 2. The van der Waals surface area contributed by atoms with Gasteiger partial charge in [-0.05, 0) is 54.8 Å². The summed E-state index contributed by atoms with van der Waals surface area (Å²) in [5, 5.41) is 6.29. The van der Waals surface area contributed by atoms with Crippen LogP contribution in [0.1, 0.15) is 18.4 Å². The highest BCUT2D eigenvalue weighted by Crippen LogP contribution is 2.47. The number of carbonyl (C=O) groups is 1. The molecule has 1 aliphatic rings. The maximum atomic E-state index is 12.8. The van der Waals surface area contributed by atoms with Gasteiger partial charge in [0.05, 0.1) is 0 Å². The molecule has 1 fully saturated rings. The van der Waals surface area contributed by atoms with Crippen molar-refractivity contribution < 1.29 is 9.18 Å². The maximum absolute atomic E-state index is 12.8. The smallest absolute Gasteiger partial charge is 0.319 e. The molecule has 0 heterocycles. The van der Waals surface area contributed by atoms with Crippen LogP contribution in [0.3, 0.4) is 0 Å². The van der Waals surface area contributed by atoms with Crippen molar-refractivity contribution in [2.45, 2.75) is 18.3 Å². The molecule has 0 bridgehead atoms. The molecule has 0 atom stereocenters. The molecule has 22 heavy (non-hydrogen) atoms. The molecule has 114 valence electrons. The zero-order valence-electron chi connectivity index (χ0n) is 11.9. The first-order valence-corrected chi connectivity index (χ1v) is 7.52. The van der Waals surface area contributed by atoms with E-state index in [1.54, 1.807) is 0 Å². The summed E-state index contributed by atoms with van der Waals surface area (Å²) >= 11 is 5.90. The zero-order valence-corrected chi connectivity index (χ0v) is 12.7. The standard InChI is InChI=1S/C17H16ClFN2O/c18-13-3-1-12(2-4-13)17(9-10-17)11-20-16(22)21-15-7-5-14(19)6-8-15/h1-8H,9-11H2,(H2,20,21,22). The first kappa shape index (κ1) is 14.9. The molecule has 5 heteroatoms. The molecule has 0 aliphatic heterocycles. The third kappa shape index (κ3) is 3.39. The van der Waals surface area contributed by atoms with Gasteiger partial charge in [0.1, 0.15) is 5.82 Å². The van der Waals surface area contributed by atoms with Gasteiger partial charge in [0, 0.05) is 22.7 Å². The van der Waals surface area contributed by atoms with Crippen molar-refractivity contribution in [3.8, 4) is 0 Å². The van der Waals surface area contributed by atoms with E-state index in [0.717, 1.165) is 12.8 Å². The lowest BCUT2D eigenvalue weighted by atomic mass is 9.96. The molecule has 0 radical (unpaired) electrons. The van der Waals surface area contributed by atoms with Crippen LogP contribution in [0, 0.1) is 5.82 Å². The van der Waals surface area contributed by atoms with Crippen LogP contribution in [-0.2, 0) is 5.41 Å². The van der Waals surface area contributed by atoms with Crippen molar-refractivity contribution in [1.82, 2.24) is 5.32 Å². The van der Waals surface area contributed by atoms with E-state index in [0.29, 0.717) is 17.3 Å². The molecular weight excluding hydrogens is 303 g/mol. The predicted octanol–water partition coefficient (Wildman–Crippen LogP) is 4.33. The minimum Gasteiger partial charge on any atom is -0.337 e. The molecule has 2 aromatic carbocycles. The number of amides is 2. The Morgan fingerprint density at radius 1 is 1.09 bits per heavy atom. The van der Waals surface area contributed by atoms with E-state index in [1.807, 2.05) is 24.3 Å². The molecule has 0 spiro atoms. The van der Waals surface area contributed by atoms with E-state index in [-0.39, 0.29) is 17.3 Å². The van der Waals surface area contributed by atoms with Crippen LogP contribution in [0.4, 0.5) is 14.9 Å². The van der Waals surface area contributed by atoms with Crippen molar-refractivity contribution in [3.63, 3.8) is 0 Å². The van der Waals surface area contributed by atoms with Gasteiger partial charge in [-0.15, -0.1) is 0 Å². The Morgan fingerprint density at radius 2 is 1.73 bits per heavy atom. The van der Waals surface area contributed by atoms with Gasteiger partial charge in [-0.25, -0.2) is 9.18 Å². The number of rotatable bonds is 4. The zero-order chi connectivity index (χ0) is 15.6. The summed E-state index contributed by atoms with van der Waals surface area (Å²) in [5.74, 6) is -0.328. The Balaban J connectivity index is 1.56. The van der Waals surface area contributed by atoms with Gasteiger partial charge in [0.25, 0.3) is 0 Å². The fraction of sp³-hybridized carbons (Fsp3) is 0.235. The van der Waals surface area contributed by atoms with Crippen LogP contribution in [0.2, 0.25) is 5.02 Å². The average molecular weight is 319 g/mol. The van der Waals surface area contributed by atoms with E-state index < -0.39 is 0 Å². The van der Waals surface area contributed by atoms with Crippen LogP contribution in [-0.4, -0.2) is 12.6 Å². The number of urea groups is 1. The molecule has 1 aliphatic carbocycles. The van der Waals surface area contributed by atoms with Gasteiger partial charge in [0.2, 0.25) is 0 Å². The topological polar surface area (TPSA) is 41.1 Å². The second-order valence-corrected chi connectivity index (χ2v) is 6.04. The number of nitrogens with one attached hydrogen (secondary N) is 2. The summed E-state index contributed by atoms with van der Waals surface area (Å²) in [6.07, 6.45) is 2.09. The largest absolute Gasteiger partial charge is 0.337 e.